The summed E-state index contributed by atoms with van der Waals surface area (Å²) in [6.45, 7) is 4.02. The zero-order valence-corrected chi connectivity index (χ0v) is 12.1. The fourth-order valence-electron chi connectivity index (χ4n) is 2.36. The number of benzene rings is 2. The highest BCUT2D eigenvalue weighted by molar-refractivity contribution is 5.78. The summed E-state index contributed by atoms with van der Waals surface area (Å²) in [5.74, 6) is 0.646. The average Bonchev–Trinajstić information content (AvgIpc) is 2.42. The summed E-state index contributed by atoms with van der Waals surface area (Å²) in [5, 5.41) is 20.4. The van der Waals surface area contributed by atoms with Crippen molar-refractivity contribution >= 4 is 0 Å². The molecule has 0 saturated heterocycles. The highest BCUT2D eigenvalue weighted by Gasteiger charge is 2.14. The fourth-order valence-corrected chi connectivity index (χ4v) is 2.36. The standard InChI is InChI=1S/C17H20O3/c1-4-5-12-6-7-13(15(18)10-12)14-8-11(2)9-16(20-3)17(14)19/h6-10,18-19H,4-5H2,1-3H3. The van der Waals surface area contributed by atoms with Crippen molar-refractivity contribution < 1.29 is 14.9 Å². The van der Waals surface area contributed by atoms with Gasteiger partial charge in [0, 0.05) is 11.1 Å². The third-order valence-electron chi connectivity index (χ3n) is 3.33. The number of aryl methyl sites for hydroxylation is 2. The van der Waals surface area contributed by atoms with Crippen molar-refractivity contribution in [1.29, 1.82) is 0 Å². The van der Waals surface area contributed by atoms with Crippen LogP contribution in [0.5, 0.6) is 17.2 Å². The SMILES string of the molecule is CCCc1ccc(-c2cc(C)cc(OC)c2O)c(O)c1. The maximum absolute atomic E-state index is 10.2. The van der Waals surface area contributed by atoms with E-state index < -0.39 is 0 Å². The molecule has 106 valence electrons. The second-order valence-electron chi connectivity index (χ2n) is 4.96. The highest BCUT2D eigenvalue weighted by Crippen LogP contribution is 2.41. The van der Waals surface area contributed by atoms with Gasteiger partial charge in [0.15, 0.2) is 11.5 Å². The lowest BCUT2D eigenvalue weighted by molar-refractivity contribution is 0.374. The Morgan fingerprint density at radius 2 is 1.80 bits per heavy atom. The number of methoxy groups -OCH3 is 1. The van der Waals surface area contributed by atoms with Crippen LogP contribution in [0.3, 0.4) is 0 Å². The molecule has 0 heterocycles. The van der Waals surface area contributed by atoms with Crippen molar-refractivity contribution in [3.8, 4) is 28.4 Å². The molecule has 0 atom stereocenters. The molecule has 0 unspecified atom stereocenters. The molecule has 2 N–H and O–H groups in total. The largest absolute Gasteiger partial charge is 0.507 e. The molecule has 20 heavy (non-hydrogen) atoms. The monoisotopic (exact) mass is 272 g/mol. The van der Waals surface area contributed by atoms with Gasteiger partial charge in [0.05, 0.1) is 7.11 Å². The van der Waals surface area contributed by atoms with Crippen LogP contribution in [-0.4, -0.2) is 17.3 Å². The van der Waals surface area contributed by atoms with Crippen LogP contribution >= 0.6 is 0 Å². The maximum atomic E-state index is 10.2. The molecule has 0 aliphatic carbocycles. The Bertz CT molecular complexity index is 618. The zero-order valence-electron chi connectivity index (χ0n) is 12.1. The predicted molar refractivity (Wildman–Crippen MR) is 80.5 cm³/mol. The zero-order chi connectivity index (χ0) is 14.7. The van der Waals surface area contributed by atoms with E-state index in [1.165, 1.54) is 7.11 Å². The first-order valence-electron chi connectivity index (χ1n) is 6.76. The average molecular weight is 272 g/mol. The molecule has 2 rings (SSSR count). The minimum absolute atomic E-state index is 0.0524. The van der Waals surface area contributed by atoms with E-state index in [1.54, 1.807) is 12.1 Å². The maximum Gasteiger partial charge on any atom is 0.165 e. The first-order chi connectivity index (χ1) is 9.56. The van der Waals surface area contributed by atoms with Crippen LogP contribution in [0.15, 0.2) is 30.3 Å². The summed E-state index contributed by atoms with van der Waals surface area (Å²) in [6, 6.07) is 9.18. The Kier molecular flexibility index (Phi) is 4.18. The van der Waals surface area contributed by atoms with Crippen molar-refractivity contribution in [3.05, 3.63) is 41.5 Å². The van der Waals surface area contributed by atoms with Gasteiger partial charge in [-0.05, 0) is 42.7 Å². The molecule has 0 saturated carbocycles. The number of ether oxygens (including phenoxy) is 1. The number of rotatable bonds is 4. The van der Waals surface area contributed by atoms with E-state index in [0.29, 0.717) is 16.9 Å². The van der Waals surface area contributed by atoms with E-state index in [9.17, 15) is 10.2 Å². The molecule has 2 aromatic rings. The van der Waals surface area contributed by atoms with Crippen LogP contribution in [0.2, 0.25) is 0 Å². The number of hydrogen-bond acceptors (Lipinski definition) is 3. The van der Waals surface area contributed by atoms with Gasteiger partial charge in [0.2, 0.25) is 0 Å². The van der Waals surface area contributed by atoms with E-state index in [0.717, 1.165) is 24.0 Å². The quantitative estimate of drug-likeness (QED) is 0.883. The van der Waals surface area contributed by atoms with Crippen LogP contribution in [0, 0.1) is 6.92 Å². The molecule has 0 aliphatic rings. The van der Waals surface area contributed by atoms with Gasteiger partial charge < -0.3 is 14.9 Å². The molecular weight excluding hydrogens is 252 g/mol. The smallest absolute Gasteiger partial charge is 0.165 e. The summed E-state index contributed by atoms with van der Waals surface area (Å²) in [6.07, 6.45) is 1.96. The van der Waals surface area contributed by atoms with Gasteiger partial charge in [-0.2, -0.15) is 0 Å². The number of aromatic hydroxyl groups is 2. The second kappa shape index (κ2) is 5.87. The van der Waals surface area contributed by atoms with Crippen LogP contribution in [0.1, 0.15) is 24.5 Å². The molecule has 0 radical (unpaired) electrons. The summed E-state index contributed by atoms with van der Waals surface area (Å²) in [5.41, 5.74) is 3.26. The molecule has 0 aromatic heterocycles. The summed E-state index contributed by atoms with van der Waals surface area (Å²) in [4.78, 5) is 0. The molecule has 2 aromatic carbocycles. The molecule has 0 fully saturated rings. The van der Waals surface area contributed by atoms with E-state index in [1.807, 2.05) is 25.1 Å². The fraction of sp³-hybridized carbons (Fsp3) is 0.294. The lowest BCUT2D eigenvalue weighted by atomic mass is 9.98. The minimum Gasteiger partial charge on any atom is -0.507 e. The lowest BCUT2D eigenvalue weighted by Crippen LogP contribution is -1.90. The topological polar surface area (TPSA) is 49.7 Å². The van der Waals surface area contributed by atoms with Gasteiger partial charge in [-0.1, -0.05) is 25.5 Å². The van der Waals surface area contributed by atoms with Crippen molar-refractivity contribution in [2.45, 2.75) is 26.7 Å². The Morgan fingerprint density at radius 3 is 2.40 bits per heavy atom. The molecule has 3 heteroatoms. The van der Waals surface area contributed by atoms with Gasteiger partial charge in [0.1, 0.15) is 5.75 Å². The van der Waals surface area contributed by atoms with Crippen molar-refractivity contribution in [2.75, 3.05) is 7.11 Å². The third kappa shape index (κ3) is 2.72. The van der Waals surface area contributed by atoms with E-state index in [4.69, 9.17) is 4.74 Å². The van der Waals surface area contributed by atoms with Gasteiger partial charge in [-0.25, -0.2) is 0 Å². The molecule has 0 bridgehead atoms. The van der Waals surface area contributed by atoms with Crippen molar-refractivity contribution in [3.63, 3.8) is 0 Å². The number of hydrogen-bond donors (Lipinski definition) is 2. The normalized spacial score (nSPS) is 10.6. The Hall–Kier alpha value is -2.16. The van der Waals surface area contributed by atoms with Crippen LogP contribution in [0.4, 0.5) is 0 Å². The summed E-state index contributed by atoms with van der Waals surface area (Å²) < 4.78 is 5.16. The minimum atomic E-state index is 0.0524. The number of phenols is 2. The Morgan fingerprint density at radius 1 is 1.05 bits per heavy atom. The molecular formula is C17H20O3. The van der Waals surface area contributed by atoms with E-state index in [2.05, 4.69) is 6.92 Å². The van der Waals surface area contributed by atoms with Crippen molar-refractivity contribution in [1.82, 2.24) is 0 Å². The number of phenolic OH excluding ortho intramolecular Hbond substituents is 2. The van der Waals surface area contributed by atoms with E-state index >= 15 is 0 Å². The summed E-state index contributed by atoms with van der Waals surface area (Å²) in [7, 11) is 1.52. The van der Waals surface area contributed by atoms with Crippen LogP contribution in [-0.2, 0) is 6.42 Å². The third-order valence-corrected chi connectivity index (χ3v) is 3.33. The van der Waals surface area contributed by atoms with Crippen LogP contribution < -0.4 is 4.74 Å². The molecule has 3 nitrogen and oxygen atoms in total. The van der Waals surface area contributed by atoms with E-state index in [-0.39, 0.29) is 11.5 Å². The first-order valence-corrected chi connectivity index (χ1v) is 6.76. The van der Waals surface area contributed by atoms with Gasteiger partial charge in [0.25, 0.3) is 0 Å². The summed E-state index contributed by atoms with van der Waals surface area (Å²) >= 11 is 0. The predicted octanol–water partition coefficient (Wildman–Crippen LogP) is 4.03. The highest BCUT2D eigenvalue weighted by atomic mass is 16.5. The molecule has 0 spiro atoms. The van der Waals surface area contributed by atoms with Crippen molar-refractivity contribution in [2.24, 2.45) is 0 Å². The first kappa shape index (κ1) is 14.3. The lowest BCUT2D eigenvalue weighted by Gasteiger charge is -2.13. The molecule has 0 amide bonds. The van der Waals surface area contributed by atoms with Gasteiger partial charge >= 0.3 is 0 Å². The molecule has 0 aliphatic heterocycles. The Balaban J connectivity index is 2.54. The van der Waals surface area contributed by atoms with Gasteiger partial charge in [-0.15, -0.1) is 0 Å². The Labute approximate surface area is 119 Å². The van der Waals surface area contributed by atoms with Crippen LogP contribution in [0.25, 0.3) is 11.1 Å². The second-order valence-corrected chi connectivity index (χ2v) is 4.96. The van der Waals surface area contributed by atoms with Gasteiger partial charge in [-0.3, -0.25) is 0 Å².